The van der Waals surface area contributed by atoms with E-state index in [2.05, 4.69) is 25.1 Å². The van der Waals surface area contributed by atoms with Crippen LogP contribution in [0.15, 0.2) is 41.4 Å². The summed E-state index contributed by atoms with van der Waals surface area (Å²) < 4.78 is 13.2. The third-order valence-corrected chi connectivity index (χ3v) is 4.12. The molecule has 1 aliphatic heterocycles. The molecule has 3 aromatic rings. The molecule has 25 heavy (non-hydrogen) atoms. The van der Waals surface area contributed by atoms with E-state index in [1.54, 1.807) is 12.4 Å². The Kier molecular flexibility index (Phi) is 4.53. The highest BCUT2D eigenvalue weighted by atomic mass is 16.5. The maximum Gasteiger partial charge on any atom is 0.241 e. The Morgan fingerprint density at radius 2 is 2.28 bits per heavy atom. The summed E-state index contributed by atoms with van der Waals surface area (Å²) in [5, 5.41) is 8.37. The Bertz CT molecular complexity index is 815. The molecule has 130 valence electrons. The molecule has 1 saturated heterocycles. The van der Waals surface area contributed by atoms with Gasteiger partial charge in [-0.05, 0) is 24.6 Å². The molecular weight excluding hydrogens is 320 g/mol. The Morgan fingerprint density at radius 1 is 1.32 bits per heavy atom. The van der Waals surface area contributed by atoms with Crippen LogP contribution >= 0.6 is 0 Å². The maximum absolute atomic E-state index is 5.86. The smallest absolute Gasteiger partial charge is 0.241 e. The van der Waals surface area contributed by atoms with Gasteiger partial charge < -0.3 is 9.26 Å². The van der Waals surface area contributed by atoms with E-state index in [4.69, 9.17) is 9.26 Å². The summed E-state index contributed by atoms with van der Waals surface area (Å²) in [5.41, 5.74) is 2.01. The van der Waals surface area contributed by atoms with Gasteiger partial charge in [0.15, 0.2) is 0 Å². The second kappa shape index (κ2) is 7.12. The first-order valence-electron chi connectivity index (χ1n) is 8.32. The molecule has 8 heteroatoms. The maximum atomic E-state index is 5.86. The zero-order valence-electron chi connectivity index (χ0n) is 14.1. The highest BCUT2D eigenvalue weighted by Gasteiger charge is 2.23. The lowest BCUT2D eigenvalue weighted by molar-refractivity contribution is -0.0426. The Morgan fingerprint density at radius 3 is 3.08 bits per heavy atom. The van der Waals surface area contributed by atoms with Gasteiger partial charge in [0.25, 0.3) is 0 Å². The zero-order chi connectivity index (χ0) is 17.1. The van der Waals surface area contributed by atoms with Gasteiger partial charge in [-0.2, -0.15) is 10.1 Å². The molecular formula is C17H20N6O2. The number of ether oxygens (including phenoxy) is 1. The molecule has 0 bridgehead atoms. The monoisotopic (exact) mass is 340 g/mol. The van der Waals surface area contributed by atoms with Crippen molar-refractivity contribution in [3.05, 3.63) is 48.4 Å². The Hall–Kier alpha value is -2.58. The van der Waals surface area contributed by atoms with Crippen LogP contribution in [-0.2, 0) is 17.8 Å². The number of hydrogen-bond acceptors (Lipinski definition) is 7. The molecule has 0 aromatic carbocycles. The average Bonchev–Trinajstić information content (AvgIpc) is 3.25. The van der Waals surface area contributed by atoms with Crippen molar-refractivity contribution in [2.45, 2.75) is 26.1 Å². The minimum Gasteiger partial charge on any atom is -0.374 e. The molecule has 0 radical (unpaired) electrons. The average molecular weight is 340 g/mol. The normalized spacial score (nSPS) is 18.5. The lowest BCUT2D eigenvalue weighted by Gasteiger charge is -2.31. The molecule has 4 heterocycles. The molecule has 1 fully saturated rings. The van der Waals surface area contributed by atoms with E-state index >= 15 is 0 Å². The minimum absolute atomic E-state index is 0.105. The standard InChI is InChI=1S/C17H20N6O2/c1-13-7-19-23(9-13)11-15-10-22(5-6-24-15)12-16-20-17(21-25-16)14-3-2-4-18-8-14/h2-4,7-9,15H,5-6,10-12H2,1H3/t15-/m1/s1. The van der Waals surface area contributed by atoms with Crippen LogP contribution < -0.4 is 0 Å². The quantitative estimate of drug-likeness (QED) is 0.697. The minimum atomic E-state index is 0.105. The fourth-order valence-corrected chi connectivity index (χ4v) is 2.93. The van der Waals surface area contributed by atoms with Gasteiger partial charge in [-0.15, -0.1) is 0 Å². The van der Waals surface area contributed by atoms with E-state index in [-0.39, 0.29) is 6.10 Å². The summed E-state index contributed by atoms with van der Waals surface area (Å²) in [6.07, 6.45) is 7.44. The van der Waals surface area contributed by atoms with Crippen molar-refractivity contribution in [3.63, 3.8) is 0 Å². The first-order valence-corrected chi connectivity index (χ1v) is 8.32. The zero-order valence-corrected chi connectivity index (χ0v) is 14.1. The highest BCUT2D eigenvalue weighted by molar-refractivity contribution is 5.51. The molecule has 0 saturated carbocycles. The predicted molar refractivity (Wildman–Crippen MR) is 89.5 cm³/mol. The Labute approximate surface area is 145 Å². The number of hydrogen-bond donors (Lipinski definition) is 0. The number of aryl methyl sites for hydroxylation is 1. The molecule has 0 amide bonds. The van der Waals surface area contributed by atoms with E-state index in [9.17, 15) is 0 Å². The van der Waals surface area contributed by atoms with Crippen molar-refractivity contribution >= 4 is 0 Å². The summed E-state index contributed by atoms with van der Waals surface area (Å²) in [6, 6.07) is 3.77. The van der Waals surface area contributed by atoms with Crippen molar-refractivity contribution in [3.8, 4) is 11.4 Å². The van der Waals surface area contributed by atoms with Crippen molar-refractivity contribution in [2.75, 3.05) is 19.7 Å². The summed E-state index contributed by atoms with van der Waals surface area (Å²) in [6.45, 7) is 5.74. The lowest BCUT2D eigenvalue weighted by Crippen LogP contribution is -2.43. The molecule has 0 unspecified atom stereocenters. The number of morpholine rings is 1. The lowest BCUT2D eigenvalue weighted by atomic mass is 10.2. The van der Waals surface area contributed by atoms with E-state index in [0.29, 0.717) is 24.9 Å². The van der Waals surface area contributed by atoms with Crippen molar-refractivity contribution in [1.29, 1.82) is 0 Å². The van der Waals surface area contributed by atoms with Crippen molar-refractivity contribution in [1.82, 2.24) is 29.8 Å². The van der Waals surface area contributed by atoms with Crippen LogP contribution in [0.25, 0.3) is 11.4 Å². The molecule has 0 aliphatic carbocycles. The fourth-order valence-electron chi connectivity index (χ4n) is 2.93. The summed E-state index contributed by atoms with van der Waals surface area (Å²) in [7, 11) is 0. The summed E-state index contributed by atoms with van der Waals surface area (Å²) in [5.74, 6) is 1.18. The summed E-state index contributed by atoms with van der Waals surface area (Å²) >= 11 is 0. The molecule has 3 aromatic heterocycles. The largest absolute Gasteiger partial charge is 0.374 e. The van der Waals surface area contributed by atoms with Crippen molar-refractivity contribution < 1.29 is 9.26 Å². The molecule has 0 N–H and O–H groups in total. The van der Waals surface area contributed by atoms with Gasteiger partial charge in [0.05, 0.1) is 32.0 Å². The van der Waals surface area contributed by atoms with Gasteiger partial charge in [0, 0.05) is 37.2 Å². The second-order valence-corrected chi connectivity index (χ2v) is 6.22. The number of nitrogens with zero attached hydrogens (tertiary/aromatic N) is 6. The molecule has 1 atom stereocenters. The van der Waals surface area contributed by atoms with E-state index < -0.39 is 0 Å². The third-order valence-electron chi connectivity index (χ3n) is 4.12. The van der Waals surface area contributed by atoms with E-state index in [1.165, 1.54) is 0 Å². The highest BCUT2D eigenvalue weighted by Crippen LogP contribution is 2.16. The van der Waals surface area contributed by atoms with Gasteiger partial charge in [0.2, 0.25) is 11.7 Å². The number of pyridine rings is 1. The topological polar surface area (TPSA) is 82.1 Å². The van der Waals surface area contributed by atoms with Crippen LogP contribution in [0, 0.1) is 6.92 Å². The van der Waals surface area contributed by atoms with Gasteiger partial charge >= 0.3 is 0 Å². The van der Waals surface area contributed by atoms with Gasteiger partial charge in [0.1, 0.15) is 0 Å². The third kappa shape index (κ3) is 3.92. The fraction of sp³-hybridized carbons (Fsp3) is 0.412. The van der Waals surface area contributed by atoms with Gasteiger partial charge in [-0.1, -0.05) is 5.16 Å². The Balaban J connectivity index is 1.37. The van der Waals surface area contributed by atoms with Crippen LogP contribution in [-0.4, -0.2) is 55.6 Å². The SMILES string of the molecule is Cc1cnn(C[C@H]2CN(Cc3nc(-c4cccnc4)no3)CCO2)c1. The molecule has 4 rings (SSSR count). The first kappa shape index (κ1) is 15.9. The second-order valence-electron chi connectivity index (χ2n) is 6.22. The van der Waals surface area contributed by atoms with Crippen LogP contribution in [0.3, 0.4) is 0 Å². The van der Waals surface area contributed by atoms with Crippen molar-refractivity contribution in [2.24, 2.45) is 0 Å². The van der Waals surface area contributed by atoms with E-state index in [1.807, 2.05) is 36.1 Å². The van der Waals surface area contributed by atoms with Crippen LogP contribution in [0.1, 0.15) is 11.5 Å². The summed E-state index contributed by atoms with van der Waals surface area (Å²) in [4.78, 5) is 10.8. The number of rotatable bonds is 5. The first-order chi connectivity index (χ1) is 12.3. The van der Waals surface area contributed by atoms with Gasteiger partial charge in [-0.25, -0.2) is 0 Å². The molecule has 0 spiro atoms. The molecule has 1 aliphatic rings. The number of aromatic nitrogens is 5. The van der Waals surface area contributed by atoms with Crippen LogP contribution in [0.5, 0.6) is 0 Å². The van der Waals surface area contributed by atoms with Crippen LogP contribution in [0.4, 0.5) is 0 Å². The van der Waals surface area contributed by atoms with E-state index in [0.717, 1.165) is 30.8 Å². The van der Waals surface area contributed by atoms with Crippen LogP contribution in [0.2, 0.25) is 0 Å². The molecule has 8 nitrogen and oxygen atoms in total. The predicted octanol–water partition coefficient (Wildman–Crippen LogP) is 1.54. The van der Waals surface area contributed by atoms with Gasteiger partial charge in [-0.3, -0.25) is 14.6 Å².